The van der Waals surface area contributed by atoms with Crippen LogP contribution >= 0.6 is 0 Å². The molecule has 0 spiro atoms. The number of carbonyl (C=O) groups is 2. The zero-order valence-electron chi connectivity index (χ0n) is 13.0. The molecule has 2 atom stereocenters. The summed E-state index contributed by atoms with van der Waals surface area (Å²) >= 11 is 0. The van der Waals surface area contributed by atoms with Crippen molar-refractivity contribution in [2.45, 2.75) is 39.3 Å². The zero-order chi connectivity index (χ0) is 17.0. The molecule has 1 amide bonds. The van der Waals surface area contributed by atoms with E-state index in [4.69, 9.17) is 0 Å². The number of ketones is 1. The molecule has 1 aromatic rings. The molecule has 0 saturated heterocycles. The molecule has 1 aromatic carbocycles. The maximum atomic E-state index is 13.0. The van der Waals surface area contributed by atoms with Gasteiger partial charge in [-0.1, -0.05) is 26.0 Å². The van der Waals surface area contributed by atoms with E-state index in [2.05, 4.69) is 5.32 Å². The summed E-state index contributed by atoms with van der Waals surface area (Å²) in [5.74, 6) is -0.630. The maximum Gasteiger partial charge on any atom is 0.418 e. The number of benzene rings is 1. The summed E-state index contributed by atoms with van der Waals surface area (Å²) < 4.78 is 39.1. The van der Waals surface area contributed by atoms with Crippen molar-refractivity contribution < 1.29 is 22.8 Å². The van der Waals surface area contributed by atoms with Gasteiger partial charge in [0.05, 0.1) is 11.3 Å². The third kappa shape index (κ3) is 2.26. The highest BCUT2D eigenvalue weighted by Crippen LogP contribution is 2.60. The third-order valence-electron chi connectivity index (χ3n) is 5.47. The van der Waals surface area contributed by atoms with Crippen molar-refractivity contribution in [3.63, 3.8) is 0 Å². The quantitative estimate of drug-likeness (QED) is 0.834. The number of nitrogens with one attached hydrogen (secondary N) is 1. The summed E-state index contributed by atoms with van der Waals surface area (Å²) in [5.41, 5.74) is -2.95. The van der Waals surface area contributed by atoms with Gasteiger partial charge in [0.25, 0.3) is 0 Å². The van der Waals surface area contributed by atoms with E-state index < -0.39 is 28.5 Å². The fourth-order valence-corrected chi connectivity index (χ4v) is 4.06. The number of rotatable bonds is 2. The average molecular weight is 325 g/mol. The molecule has 2 saturated carbocycles. The molecule has 6 heteroatoms. The van der Waals surface area contributed by atoms with Crippen molar-refractivity contribution in [2.75, 3.05) is 5.32 Å². The Morgan fingerprint density at radius 3 is 2.48 bits per heavy atom. The smallest absolute Gasteiger partial charge is 0.325 e. The fourth-order valence-electron chi connectivity index (χ4n) is 4.06. The molecular formula is C17H18F3NO2. The van der Waals surface area contributed by atoms with E-state index in [1.807, 2.05) is 13.8 Å². The normalized spacial score (nSPS) is 28.9. The number of fused-ring (bicyclic) bond motifs is 2. The van der Waals surface area contributed by atoms with Crippen molar-refractivity contribution in [3.05, 3.63) is 29.8 Å². The first kappa shape index (κ1) is 16.0. The lowest BCUT2D eigenvalue weighted by Gasteiger charge is -2.32. The number of halogens is 3. The third-order valence-corrected chi connectivity index (χ3v) is 5.47. The largest absolute Gasteiger partial charge is 0.418 e. The average Bonchev–Trinajstić information content (AvgIpc) is 2.99. The van der Waals surface area contributed by atoms with Gasteiger partial charge in [0.1, 0.15) is 5.41 Å². The Bertz CT molecular complexity index is 681. The van der Waals surface area contributed by atoms with Gasteiger partial charge in [-0.2, -0.15) is 13.2 Å². The summed E-state index contributed by atoms with van der Waals surface area (Å²) in [6.07, 6.45) is -2.95. The molecular weight excluding hydrogens is 307 g/mol. The Hall–Kier alpha value is -1.85. The first-order valence-corrected chi connectivity index (χ1v) is 7.61. The van der Waals surface area contributed by atoms with Crippen molar-refractivity contribution >= 4 is 17.4 Å². The van der Waals surface area contributed by atoms with Crippen LogP contribution in [0.4, 0.5) is 18.9 Å². The second kappa shape index (κ2) is 4.82. The van der Waals surface area contributed by atoms with Gasteiger partial charge in [-0.15, -0.1) is 0 Å². The summed E-state index contributed by atoms with van der Waals surface area (Å²) in [4.78, 5) is 25.3. The van der Waals surface area contributed by atoms with E-state index in [-0.39, 0.29) is 17.4 Å². The molecule has 0 radical (unpaired) electrons. The van der Waals surface area contributed by atoms with Crippen LogP contribution in [0.3, 0.4) is 0 Å². The molecule has 0 aromatic heterocycles. The predicted molar refractivity (Wildman–Crippen MR) is 78.6 cm³/mol. The van der Waals surface area contributed by atoms with Gasteiger partial charge < -0.3 is 5.32 Å². The Morgan fingerprint density at radius 2 is 1.91 bits per heavy atom. The molecule has 3 rings (SSSR count). The Labute approximate surface area is 132 Å². The summed E-state index contributed by atoms with van der Waals surface area (Å²) in [7, 11) is 0. The summed E-state index contributed by atoms with van der Waals surface area (Å²) in [5, 5.41) is 2.37. The highest BCUT2D eigenvalue weighted by molar-refractivity contribution is 6.15. The molecule has 2 aliphatic rings. The molecule has 2 unspecified atom stereocenters. The van der Waals surface area contributed by atoms with Gasteiger partial charge in [-0.05, 0) is 37.3 Å². The first-order chi connectivity index (χ1) is 10.6. The van der Waals surface area contributed by atoms with Crippen LogP contribution in [-0.2, 0) is 15.8 Å². The van der Waals surface area contributed by atoms with E-state index in [1.165, 1.54) is 18.2 Å². The van der Waals surface area contributed by atoms with Crippen LogP contribution in [0.5, 0.6) is 0 Å². The molecule has 0 aliphatic heterocycles. The second-order valence-corrected chi connectivity index (χ2v) is 7.07. The van der Waals surface area contributed by atoms with Crippen LogP contribution in [0.25, 0.3) is 0 Å². The molecule has 3 nitrogen and oxygen atoms in total. The predicted octanol–water partition coefficient (Wildman–Crippen LogP) is 4.04. The van der Waals surface area contributed by atoms with Gasteiger partial charge in [0, 0.05) is 5.41 Å². The van der Waals surface area contributed by atoms with Crippen molar-refractivity contribution in [1.29, 1.82) is 0 Å². The molecule has 23 heavy (non-hydrogen) atoms. The second-order valence-electron chi connectivity index (χ2n) is 7.07. The number of alkyl halides is 3. The Morgan fingerprint density at radius 1 is 1.26 bits per heavy atom. The van der Waals surface area contributed by atoms with Crippen LogP contribution in [-0.4, -0.2) is 11.7 Å². The molecule has 2 fully saturated rings. The molecule has 0 heterocycles. The van der Waals surface area contributed by atoms with E-state index >= 15 is 0 Å². The van der Waals surface area contributed by atoms with E-state index in [1.54, 1.807) is 0 Å². The van der Waals surface area contributed by atoms with Gasteiger partial charge in [-0.25, -0.2) is 0 Å². The van der Waals surface area contributed by atoms with Crippen LogP contribution in [0, 0.1) is 16.7 Å². The highest BCUT2D eigenvalue weighted by atomic mass is 19.4. The Balaban J connectivity index is 1.91. The number of para-hydroxylation sites is 1. The molecule has 2 aliphatic carbocycles. The Kier molecular flexibility index (Phi) is 3.36. The maximum absolute atomic E-state index is 13.0. The molecule has 1 N–H and O–H groups in total. The number of carbonyl (C=O) groups excluding carboxylic acids is 2. The lowest BCUT2D eigenvalue weighted by molar-refractivity contribution is -0.142. The minimum Gasteiger partial charge on any atom is -0.325 e. The topological polar surface area (TPSA) is 46.2 Å². The number of amides is 1. The number of Topliss-reactive ketones (excluding diaryl/α,β-unsaturated/α-hetero) is 1. The van der Waals surface area contributed by atoms with Gasteiger partial charge in [0.15, 0.2) is 5.78 Å². The van der Waals surface area contributed by atoms with Crippen molar-refractivity contribution in [1.82, 2.24) is 0 Å². The van der Waals surface area contributed by atoms with Crippen LogP contribution in [0.2, 0.25) is 0 Å². The standard InChI is InChI=1S/C17H18F3NO2/c1-15(2)10-7-8-16(9-10,13(15)22)14(23)21-12-6-4-3-5-11(12)17(18,19)20/h3-6,10H,7-9H2,1-2H3,(H,21,23). The van der Waals surface area contributed by atoms with Crippen LogP contribution < -0.4 is 5.32 Å². The van der Waals surface area contributed by atoms with Crippen molar-refractivity contribution in [2.24, 2.45) is 16.7 Å². The fraction of sp³-hybridized carbons (Fsp3) is 0.529. The highest BCUT2D eigenvalue weighted by Gasteiger charge is 2.65. The number of anilines is 1. The lowest BCUT2D eigenvalue weighted by atomic mass is 9.70. The first-order valence-electron chi connectivity index (χ1n) is 7.61. The molecule has 2 bridgehead atoms. The van der Waals surface area contributed by atoms with E-state index in [0.717, 1.165) is 12.5 Å². The summed E-state index contributed by atoms with van der Waals surface area (Å²) in [6.45, 7) is 3.63. The van der Waals surface area contributed by atoms with E-state index in [0.29, 0.717) is 12.8 Å². The SMILES string of the molecule is CC1(C)C(=O)C2(C(=O)Nc3ccccc3C(F)(F)F)CCC1C2. The zero-order valence-corrected chi connectivity index (χ0v) is 13.0. The van der Waals surface area contributed by atoms with Gasteiger partial charge >= 0.3 is 6.18 Å². The minimum absolute atomic E-state index is 0.124. The number of hydrogen-bond donors (Lipinski definition) is 1. The van der Waals surface area contributed by atoms with Gasteiger partial charge in [0.2, 0.25) is 5.91 Å². The minimum atomic E-state index is -4.56. The van der Waals surface area contributed by atoms with Crippen LogP contribution in [0.1, 0.15) is 38.7 Å². The monoisotopic (exact) mass is 325 g/mol. The lowest BCUT2D eigenvalue weighted by Crippen LogP contribution is -2.44. The van der Waals surface area contributed by atoms with Crippen molar-refractivity contribution in [3.8, 4) is 0 Å². The molecule has 124 valence electrons. The number of hydrogen-bond acceptors (Lipinski definition) is 2. The van der Waals surface area contributed by atoms with Crippen LogP contribution in [0.15, 0.2) is 24.3 Å². The summed E-state index contributed by atoms with van der Waals surface area (Å²) in [6, 6.07) is 4.84. The van der Waals surface area contributed by atoms with E-state index in [9.17, 15) is 22.8 Å². The van der Waals surface area contributed by atoms with Gasteiger partial charge in [-0.3, -0.25) is 9.59 Å².